The lowest BCUT2D eigenvalue weighted by molar-refractivity contribution is 0.231. The lowest BCUT2D eigenvalue weighted by Gasteiger charge is -2.26. The highest BCUT2D eigenvalue weighted by Crippen LogP contribution is 2.21. The molecule has 2 N–H and O–H groups in total. The Balaban J connectivity index is 1.68. The number of H-pyrrole nitrogens is 1. The van der Waals surface area contributed by atoms with Crippen molar-refractivity contribution in [2.45, 2.75) is 6.54 Å². The van der Waals surface area contributed by atoms with Gasteiger partial charge in [-0.25, -0.2) is 4.98 Å². The summed E-state index contributed by atoms with van der Waals surface area (Å²) in [5, 5.41) is 5.44. The van der Waals surface area contributed by atoms with E-state index in [9.17, 15) is 0 Å². The van der Waals surface area contributed by atoms with Crippen molar-refractivity contribution in [3.05, 3.63) is 29.4 Å². The summed E-state index contributed by atoms with van der Waals surface area (Å²) in [4.78, 5) is 11.5. The van der Waals surface area contributed by atoms with Crippen LogP contribution in [0.5, 0.6) is 0 Å². The zero-order valence-electron chi connectivity index (χ0n) is 9.65. The average Bonchev–Trinajstić information content (AvgIpc) is 3.00. The van der Waals surface area contributed by atoms with E-state index >= 15 is 0 Å². The molecule has 0 bridgehead atoms. The number of thiophene rings is 1. The minimum Gasteiger partial charge on any atom is -0.340 e. The second kappa shape index (κ2) is 5.00. The molecule has 1 aliphatic rings. The number of nitrogens with zero attached hydrogens (tertiary/aromatic N) is 2. The number of imidazole rings is 1. The van der Waals surface area contributed by atoms with Crippen LogP contribution in [0.1, 0.15) is 5.69 Å². The second-order valence-electron chi connectivity index (χ2n) is 4.26. The number of aromatic amines is 1. The Morgan fingerprint density at radius 2 is 2.24 bits per heavy atom. The van der Waals surface area contributed by atoms with Crippen molar-refractivity contribution in [2.75, 3.05) is 26.2 Å². The molecule has 0 radical (unpaired) electrons. The molecule has 1 saturated heterocycles. The van der Waals surface area contributed by atoms with Gasteiger partial charge in [0.2, 0.25) is 0 Å². The molecule has 2 aromatic rings. The SMILES string of the molecule is c1csc(-c2ncc(CN3CCNCC3)[nH]2)c1. The fraction of sp³-hybridized carbons (Fsp3) is 0.417. The number of rotatable bonds is 3. The van der Waals surface area contributed by atoms with E-state index in [1.54, 1.807) is 11.3 Å². The summed E-state index contributed by atoms with van der Waals surface area (Å²) in [5.74, 6) is 0.991. The van der Waals surface area contributed by atoms with E-state index in [2.05, 4.69) is 37.7 Å². The van der Waals surface area contributed by atoms with Crippen LogP contribution in [0.2, 0.25) is 0 Å². The van der Waals surface area contributed by atoms with Gasteiger partial charge in [0, 0.05) is 44.6 Å². The molecule has 0 atom stereocenters. The van der Waals surface area contributed by atoms with Crippen LogP contribution in [0.25, 0.3) is 10.7 Å². The van der Waals surface area contributed by atoms with Crippen molar-refractivity contribution in [1.29, 1.82) is 0 Å². The second-order valence-corrected chi connectivity index (χ2v) is 5.21. The van der Waals surface area contributed by atoms with Gasteiger partial charge in [0.1, 0.15) is 5.82 Å². The van der Waals surface area contributed by atoms with E-state index in [-0.39, 0.29) is 0 Å². The van der Waals surface area contributed by atoms with Crippen LogP contribution in [-0.4, -0.2) is 41.0 Å². The third-order valence-electron chi connectivity index (χ3n) is 2.99. The monoisotopic (exact) mass is 248 g/mol. The Morgan fingerprint density at radius 1 is 1.35 bits per heavy atom. The number of hydrogen-bond donors (Lipinski definition) is 2. The first-order valence-corrected chi connectivity index (χ1v) is 6.80. The molecule has 1 aliphatic heterocycles. The van der Waals surface area contributed by atoms with Gasteiger partial charge in [-0.3, -0.25) is 4.90 Å². The lowest BCUT2D eigenvalue weighted by atomic mass is 10.3. The third kappa shape index (κ3) is 2.57. The Kier molecular flexibility index (Phi) is 3.22. The lowest BCUT2D eigenvalue weighted by Crippen LogP contribution is -2.42. The van der Waals surface area contributed by atoms with Crippen molar-refractivity contribution in [3.8, 4) is 10.7 Å². The molecule has 0 amide bonds. The van der Waals surface area contributed by atoms with Gasteiger partial charge in [-0.1, -0.05) is 6.07 Å². The van der Waals surface area contributed by atoms with Gasteiger partial charge in [0.25, 0.3) is 0 Å². The van der Waals surface area contributed by atoms with E-state index in [4.69, 9.17) is 0 Å². The Hall–Kier alpha value is -1.17. The normalized spacial score (nSPS) is 17.4. The standard InChI is InChI=1S/C12H16N4S/c1-2-11(17-7-1)12-14-8-10(15-12)9-16-5-3-13-4-6-16/h1-2,7-8,13H,3-6,9H2,(H,14,15). The fourth-order valence-electron chi connectivity index (χ4n) is 2.09. The largest absolute Gasteiger partial charge is 0.340 e. The van der Waals surface area contributed by atoms with Crippen LogP contribution in [0.3, 0.4) is 0 Å². The van der Waals surface area contributed by atoms with E-state index in [0.29, 0.717) is 0 Å². The number of hydrogen-bond acceptors (Lipinski definition) is 4. The van der Waals surface area contributed by atoms with Gasteiger partial charge in [-0.15, -0.1) is 11.3 Å². The zero-order chi connectivity index (χ0) is 11.5. The van der Waals surface area contributed by atoms with Gasteiger partial charge in [-0.2, -0.15) is 0 Å². The van der Waals surface area contributed by atoms with Crippen molar-refractivity contribution in [1.82, 2.24) is 20.2 Å². The fourth-order valence-corrected chi connectivity index (χ4v) is 2.76. The van der Waals surface area contributed by atoms with E-state index in [1.807, 2.05) is 6.20 Å². The van der Waals surface area contributed by atoms with Gasteiger partial charge >= 0.3 is 0 Å². The van der Waals surface area contributed by atoms with E-state index < -0.39 is 0 Å². The first-order valence-electron chi connectivity index (χ1n) is 5.92. The van der Waals surface area contributed by atoms with Crippen LogP contribution in [0.15, 0.2) is 23.7 Å². The molecular formula is C12H16N4S. The van der Waals surface area contributed by atoms with Gasteiger partial charge in [0.05, 0.1) is 4.88 Å². The molecule has 0 saturated carbocycles. The summed E-state index contributed by atoms with van der Waals surface area (Å²) in [6.07, 6.45) is 1.96. The zero-order valence-corrected chi connectivity index (χ0v) is 10.5. The molecule has 17 heavy (non-hydrogen) atoms. The molecule has 3 heterocycles. The average molecular weight is 248 g/mol. The molecule has 4 nitrogen and oxygen atoms in total. The smallest absolute Gasteiger partial charge is 0.147 e. The van der Waals surface area contributed by atoms with Crippen molar-refractivity contribution >= 4 is 11.3 Å². The number of piperazine rings is 1. The topological polar surface area (TPSA) is 44.0 Å². The van der Waals surface area contributed by atoms with Gasteiger partial charge < -0.3 is 10.3 Å². The molecule has 0 aromatic carbocycles. The summed E-state index contributed by atoms with van der Waals surface area (Å²) in [7, 11) is 0. The molecule has 1 fully saturated rings. The molecular weight excluding hydrogens is 232 g/mol. The van der Waals surface area contributed by atoms with Crippen LogP contribution < -0.4 is 5.32 Å². The Labute approximate surface area is 105 Å². The summed E-state index contributed by atoms with van der Waals surface area (Å²) in [6, 6.07) is 4.15. The number of nitrogens with one attached hydrogen (secondary N) is 2. The van der Waals surface area contributed by atoms with E-state index in [0.717, 1.165) is 38.5 Å². The highest BCUT2D eigenvalue weighted by atomic mass is 32.1. The summed E-state index contributed by atoms with van der Waals surface area (Å²) >= 11 is 1.72. The summed E-state index contributed by atoms with van der Waals surface area (Å²) in [5.41, 5.74) is 1.20. The quantitative estimate of drug-likeness (QED) is 0.866. The predicted octanol–water partition coefficient (Wildman–Crippen LogP) is 1.54. The molecule has 0 aliphatic carbocycles. The minimum absolute atomic E-state index is 0.972. The number of aromatic nitrogens is 2. The highest BCUT2D eigenvalue weighted by molar-refractivity contribution is 7.13. The van der Waals surface area contributed by atoms with Gasteiger partial charge in [-0.05, 0) is 11.4 Å². The highest BCUT2D eigenvalue weighted by Gasteiger charge is 2.11. The van der Waals surface area contributed by atoms with Crippen molar-refractivity contribution in [3.63, 3.8) is 0 Å². The van der Waals surface area contributed by atoms with E-state index in [1.165, 1.54) is 10.6 Å². The molecule has 0 spiro atoms. The maximum atomic E-state index is 4.44. The van der Waals surface area contributed by atoms with Crippen LogP contribution in [0.4, 0.5) is 0 Å². The van der Waals surface area contributed by atoms with Crippen LogP contribution in [-0.2, 0) is 6.54 Å². The molecule has 3 rings (SSSR count). The van der Waals surface area contributed by atoms with Crippen molar-refractivity contribution < 1.29 is 0 Å². The first kappa shape index (κ1) is 11.0. The minimum atomic E-state index is 0.972. The summed E-state index contributed by atoms with van der Waals surface area (Å²) < 4.78 is 0. The van der Waals surface area contributed by atoms with Crippen LogP contribution in [0, 0.1) is 0 Å². The molecule has 0 unspecified atom stereocenters. The predicted molar refractivity (Wildman–Crippen MR) is 70.0 cm³/mol. The molecule has 2 aromatic heterocycles. The maximum absolute atomic E-state index is 4.44. The Bertz CT molecular complexity index is 457. The van der Waals surface area contributed by atoms with Crippen LogP contribution >= 0.6 is 11.3 Å². The third-order valence-corrected chi connectivity index (χ3v) is 3.86. The molecule has 90 valence electrons. The van der Waals surface area contributed by atoms with Crippen molar-refractivity contribution in [2.24, 2.45) is 0 Å². The van der Waals surface area contributed by atoms with Gasteiger partial charge in [0.15, 0.2) is 0 Å². The summed E-state index contributed by atoms with van der Waals surface area (Å²) in [6.45, 7) is 5.39. The Morgan fingerprint density at radius 3 is 3.00 bits per heavy atom. The maximum Gasteiger partial charge on any atom is 0.147 e. The first-order chi connectivity index (χ1) is 8.42. The molecule has 5 heteroatoms.